The lowest BCUT2D eigenvalue weighted by molar-refractivity contribution is -0.139. The van der Waals surface area contributed by atoms with Crippen molar-refractivity contribution in [1.82, 2.24) is 4.90 Å². The van der Waals surface area contributed by atoms with Crippen molar-refractivity contribution in [3.63, 3.8) is 0 Å². The van der Waals surface area contributed by atoms with Crippen LogP contribution in [0.15, 0.2) is 24.3 Å². The van der Waals surface area contributed by atoms with E-state index >= 15 is 0 Å². The number of benzene rings is 1. The number of carbonyl (C=O) groups is 1. The molecule has 0 bridgehead atoms. The molecule has 2 aliphatic heterocycles. The molecule has 2 heterocycles. The molecule has 0 atom stereocenters. The van der Waals surface area contributed by atoms with Gasteiger partial charge in [-0.05, 0) is 24.5 Å². The molecule has 108 valence electrons. The Morgan fingerprint density at radius 2 is 2.05 bits per heavy atom. The number of amides is 1. The summed E-state index contributed by atoms with van der Waals surface area (Å²) in [7, 11) is 1.56. The zero-order valence-corrected chi connectivity index (χ0v) is 11.9. The van der Waals surface area contributed by atoms with E-state index in [1.807, 2.05) is 11.0 Å². The van der Waals surface area contributed by atoms with Gasteiger partial charge in [0.25, 0.3) is 0 Å². The van der Waals surface area contributed by atoms with Gasteiger partial charge in [-0.25, -0.2) is 0 Å². The summed E-state index contributed by atoms with van der Waals surface area (Å²) >= 11 is 0. The van der Waals surface area contributed by atoms with Gasteiger partial charge in [0.1, 0.15) is 18.0 Å². The van der Waals surface area contributed by atoms with Gasteiger partial charge >= 0.3 is 0 Å². The average Bonchev–Trinajstić information content (AvgIpc) is 2.48. The summed E-state index contributed by atoms with van der Waals surface area (Å²) in [4.78, 5) is 13.7. The van der Waals surface area contributed by atoms with Crippen molar-refractivity contribution >= 4 is 5.91 Å². The Balaban J connectivity index is 1.65. The van der Waals surface area contributed by atoms with Crippen LogP contribution in [0.4, 0.5) is 0 Å². The number of ether oxygens (including phenoxy) is 2. The van der Waals surface area contributed by atoms with E-state index in [-0.39, 0.29) is 18.1 Å². The van der Waals surface area contributed by atoms with E-state index in [0.29, 0.717) is 0 Å². The van der Waals surface area contributed by atoms with Gasteiger partial charge in [0.05, 0.1) is 0 Å². The van der Waals surface area contributed by atoms with E-state index in [4.69, 9.17) is 9.47 Å². The molecule has 1 saturated heterocycles. The fourth-order valence-electron chi connectivity index (χ4n) is 3.19. The normalized spacial score (nSPS) is 20.4. The van der Waals surface area contributed by atoms with Crippen LogP contribution in [0.1, 0.15) is 24.8 Å². The zero-order valence-electron chi connectivity index (χ0n) is 11.9. The second kappa shape index (κ2) is 5.44. The molecular formula is C16H21NO3. The Morgan fingerprint density at radius 3 is 2.80 bits per heavy atom. The number of carbonyl (C=O) groups excluding carboxylic acids is 1. The van der Waals surface area contributed by atoms with Crippen LogP contribution in [0, 0.1) is 0 Å². The molecule has 1 amide bonds. The molecular weight excluding hydrogens is 254 g/mol. The van der Waals surface area contributed by atoms with Crippen LogP contribution in [0.2, 0.25) is 0 Å². The number of rotatable bonds is 2. The first-order valence-corrected chi connectivity index (χ1v) is 7.26. The van der Waals surface area contributed by atoms with E-state index < -0.39 is 0 Å². The van der Waals surface area contributed by atoms with Gasteiger partial charge in [0.15, 0.2) is 0 Å². The van der Waals surface area contributed by atoms with Crippen LogP contribution in [0.3, 0.4) is 0 Å². The summed E-state index contributed by atoms with van der Waals surface area (Å²) in [6.07, 6.45) is 3.95. The van der Waals surface area contributed by atoms with Gasteiger partial charge < -0.3 is 14.4 Å². The van der Waals surface area contributed by atoms with Crippen molar-refractivity contribution in [3.8, 4) is 5.75 Å². The molecule has 3 rings (SSSR count). The molecule has 20 heavy (non-hydrogen) atoms. The first-order valence-electron chi connectivity index (χ1n) is 7.26. The molecule has 0 aromatic heterocycles. The number of hydrogen-bond acceptors (Lipinski definition) is 3. The highest BCUT2D eigenvalue weighted by Crippen LogP contribution is 2.39. The largest absolute Gasteiger partial charge is 0.487 e. The highest BCUT2D eigenvalue weighted by molar-refractivity contribution is 5.77. The van der Waals surface area contributed by atoms with Crippen LogP contribution in [-0.4, -0.2) is 43.2 Å². The number of para-hydroxylation sites is 1. The molecule has 2 aliphatic rings. The third kappa shape index (κ3) is 2.52. The van der Waals surface area contributed by atoms with Gasteiger partial charge in [-0.2, -0.15) is 0 Å². The maximum Gasteiger partial charge on any atom is 0.248 e. The summed E-state index contributed by atoms with van der Waals surface area (Å²) < 4.78 is 11.2. The Morgan fingerprint density at radius 1 is 1.30 bits per heavy atom. The van der Waals surface area contributed by atoms with Crippen molar-refractivity contribution < 1.29 is 14.3 Å². The van der Waals surface area contributed by atoms with Gasteiger partial charge in [0, 0.05) is 33.0 Å². The van der Waals surface area contributed by atoms with Crippen LogP contribution < -0.4 is 4.74 Å². The topological polar surface area (TPSA) is 38.8 Å². The smallest absolute Gasteiger partial charge is 0.248 e. The number of hydrogen-bond donors (Lipinski definition) is 0. The van der Waals surface area contributed by atoms with Crippen LogP contribution in [0.5, 0.6) is 5.75 Å². The molecule has 0 radical (unpaired) electrons. The summed E-state index contributed by atoms with van der Waals surface area (Å²) in [5, 5.41) is 0. The number of fused-ring (bicyclic) bond motifs is 1. The van der Waals surface area contributed by atoms with E-state index in [9.17, 15) is 4.79 Å². The molecule has 1 aromatic rings. The van der Waals surface area contributed by atoms with Crippen molar-refractivity contribution in [2.75, 3.05) is 26.8 Å². The van der Waals surface area contributed by atoms with Crippen molar-refractivity contribution in [2.45, 2.75) is 31.3 Å². The SMILES string of the molecule is COCC(=O)N1CCC2(CCc3ccccc3O2)CC1. The molecule has 0 saturated carbocycles. The molecule has 0 aliphatic carbocycles. The van der Waals surface area contributed by atoms with Crippen molar-refractivity contribution in [1.29, 1.82) is 0 Å². The van der Waals surface area contributed by atoms with Crippen molar-refractivity contribution in [2.24, 2.45) is 0 Å². The fourth-order valence-corrected chi connectivity index (χ4v) is 3.19. The minimum Gasteiger partial charge on any atom is -0.487 e. The van der Waals surface area contributed by atoms with Crippen LogP contribution in [0.25, 0.3) is 0 Å². The second-order valence-electron chi connectivity index (χ2n) is 5.71. The highest BCUT2D eigenvalue weighted by atomic mass is 16.5. The monoisotopic (exact) mass is 275 g/mol. The number of aryl methyl sites for hydroxylation is 1. The maximum atomic E-state index is 11.8. The number of nitrogens with zero attached hydrogens (tertiary/aromatic N) is 1. The van der Waals surface area contributed by atoms with Crippen LogP contribution >= 0.6 is 0 Å². The third-order valence-corrected chi connectivity index (χ3v) is 4.44. The van der Waals surface area contributed by atoms with E-state index in [2.05, 4.69) is 18.2 Å². The fraction of sp³-hybridized carbons (Fsp3) is 0.562. The number of likely N-dealkylation sites (tertiary alicyclic amines) is 1. The first-order chi connectivity index (χ1) is 9.72. The van der Waals surface area contributed by atoms with Gasteiger partial charge in [-0.3, -0.25) is 4.79 Å². The van der Waals surface area contributed by atoms with E-state index in [1.165, 1.54) is 5.56 Å². The van der Waals surface area contributed by atoms with Crippen molar-refractivity contribution in [3.05, 3.63) is 29.8 Å². The Hall–Kier alpha value is -1.55. The molecule has 1 fully saturated rings. The summed E-state index contributed by atoms with van der Waals surface area (Å²) in [5.74, 6) is 1.11. The Kier molecular flexibility index (Phi) is 3.66. The predicted molar refractivity (Wildman–Crippen MR) is 75.8 cm³/mol. The average molecular weight is 275 g/mol. The minimum absolute atomic E-state index is 0.0712. The summed E-state index contributed by atoms with van der Waals surface area (Å²) in [6.45, 7) is 1.71. The van der Waals surface area contributed by atoms with Gasteiger partial charge in [0.2, 0.25) is 5.91 Å². The van der Waals surface area contributed by atoms with E-state index in [0.717, 1.165) is 44.5 Å². The quantitative estimate of drug-likeness (QED) is 0.829. The molecule has 0 unspecified atom stereocenters. The predicted octanol–water partition coefficient (Wildman–Crippen LogP) is 2.02. The second-order valence-corrected chi connectivity index (χ2v) is 5.71. The molecule has 4 heteroatoms. The number of methoxy groups -OCH3 is 1. The zero-order chi connectivity index (χ0) is 14.0. The van der Waals surface area contributed by atoms with E-state index in [1.54, 1.807) is 7.11 Å². The maximum absolute atomic E-state index is 11.8. The Bertz CT molecular complexity index is 492. The molecule has 1 aromatic carbocycles. The molecule has 4 nitrogen and oxygen atoms in total. The minimum atomic E-state index is -0.0712. The standard InChI is InChI=1S/C16H21NO3/c1-19-12-15(18)17-10-8-16(9-11-17)7-6-13-4-2-3-5-14(13)20-16/h2-5H,6-12H2,1H3. The summed E-state index contributed by atoms with van der Waals surface area (Å²) in [6, 6.07) is 8.28. The highest BCUT2D eigenvalue weighted by Gasteiger charge is 2.40. The lowest BCUT2D eigenvalue weighted by Crippen LogP contribution is -2.51. The first kappa shape index (κ1) is 13.4. The summed E-state index contributed by atoms with van der Waals surface area (Å²) in [5.41, 5.74) is 1.23. The lowest BCUT2D eigenvalue weighted by atomic mass is 9.83. The number of piperidine rings is 1. The Labute approximate surface area is 119 Å². The lowest BCUT2D eigenvalue weighted by Gasteiger charge is -2.44. The third-order valence-electron chi connectivity index (χ3n) is 4.44. The van der Waals surface area contributed by atoms with Crippen LogP contribution in [-0.2, 0) is 16.0 Å². The molecule has 0 N–H and O–H groups in total. The van der Waals surface area contributed by atoms with Gasteiger partial charge in [-0.1, -0.05) is 18.2 Å². The molecule has 1 spiro atoms. The van der Waals surface area contributed by atoms with Gasteiger partial charge in [-0.15, -0.1) is 0 Å².